The van der Waals surface area contributed by atoms with E-state index in [2.05, 4.69) is 33.1 Å². The van der Waals surface area contributed by atoms with Crippen molar-refractivity contribution in [1.29, 1.82) is 0 Å². The van der Waals surface area contributed by atoms with Crippen molar-refractivity contribution >= 4 is 28.7 Å². The van der Waals surface area contributed by atoms with E-state index in [-0.39, 0.29) is 17.4 Å². The number of ketones is 1. The predicted molar refractivity (Wildman–Crippen MR) is 118 cm³/mol. The van der Waals surface area contributed by atoms with E-state index in [4.69, 9.17) is 9.97 Å². The van der Waals surface area contributed by atoms with Gasteiger partial charge in [-0.25, -0.2) is 14.0 Å². The molecule has 0 spiro atoms. The molecule has 0 atom stereocenters. The van der Waals surface area contributed by atoms with Crippen LogP contribution in [0.5, 0.6) is 0 Å². The molecule has 4 aromatic rings. The molecule has 1 aliphatic rings. The number of anilines is 2. The van der Waals surface area contributed by atoms with E-state index < -0.39 is 0 Å². The van der Waals surface area contributed by atoms with Crippen LogP contribution in [0.4, 0.5) is 11.8 Å². The molecule has 1 aliphatic carbocycles. The fourth-order valence-corrected chi connectivity index (χ4v) is 4.22. The predicted octanol–water partition coefficient (Wildman–Crippen LogP) is 1.99. The van der Waals surface area contributed by atoms with Crippen LogP contribution in [0.15, 0.2) is 36.8 Å². The van der Waals surface area contributed by atoms with Crippen molar-refractivity contribution in [2.45, 2.75) is 38.3 Å². The summed E-state index contributed by atoms with van der Waals surface area (Å²) in [6.07, 6.45) is 7.35. The van der Waals surface area contributed by atoms with Crippen LogP contribution in [0.2, 0.25) is 0 Å². The number of Topliss-reactive ketones (excluding diaryl/α,β-unsaturated/α-hetero) is 1. The zero-order valence-corrected chi connectivity index (χ0v) is 17.8. The van der Waals surface area contributed by atoms with Crippen LogP contribution in [0.1, 0.15) is 26.7 Å². The Morgan fingerprint density at radius 3 is 2.77 bits per heavy atom. The summed E-state index contributed by atoms with van der Waals surface area (Å²) in [5, 5.41) is 18.8. The Labute approximate surface area is 179 Å². The number of nitrogens with one attached hydrogen (secondary N) is 3. The monoisotopic (exact) mass is 419 g/mol. The van der Waals surface area contributed by atoms with Crippen molar-refractivity contribution in [1.82, 2.24) is 34.5 Å². The molecule has 0 bridgehead atoms. The van der Waals surface area contributed by atoms with E-state index in [9.17, 15) is 4.79 Å². The summed E-state index contributed by atoms with van der Waals surface area (Å²) in [7, 11) is 1.85. The van der Waals surface area contributed by atoms with Gasteiger partial charge in [0, 0.05) is 42.7 Å². The lowest BCUT2D eigenvalue weighted by Crippen LogP contribution is -2.58. The van der Waals surface area contributed by atoms with Gasteiger partial charge in [-0.15, -0.1) is 5.10 Å². The van der Waals surface area contributed by atoms with E-state index in [1.54, 1.807) is 17.6 Å². The largest absolute Gasteiger partial charge is 0.371 e. The van der Waals surface area contributed by atoms with Gasteiger partial charge in [0.15, 0.2) is 11.5 Å². The maximum atomic E-state index is 11.2. The standard InChI is InChI=1S/C21H25N9O/c1-13(31)12-23-21(2)10-14(11-21)25-20-27-19(22-3)18-15(5-8-30(18)28-20)16-6-9-29-17(26-16)4-7-24-29/h4-9,14,23H,10-12H2,1-3H3,(H2,22,25,27,28). The normalized spacial score (nSPS) is 20.7. The van der Waals surface area contributed by atoms with Gasteiger partial charge >= 0.3 is 0 Å². The van der Waals surface area contributed by atoms with Crippen molar-refractivity contribution in [2.24, 2.45) is 0 Å². The summed E-state index contributed by atoms with van der Waals surface area (Å²) in [6, 6.07) is 6.06. The minimum atomic E-state index is -0.0299. The van der Waals surface area contributed by atoms with Crippen molar-refractivity contribution in [3.8, 4) is 11.3 Å². The molecule has 0 saturated heterocycles. The molecule has 1 fully saturated rings. The summed E-state index contributed by atoms with van der Waals surface area (Å²) >= 11 is 0. The molecule has 0 aromatic carbocycles. The molecule has 160 valence electrons. The van der Waals surface area contributed by atoms with Crippen LogP contribution in [-0.4, -0.2) is 60.2 Å². The quantitative estimate of drug-likeness (QED) is 0.417. The Morgan fingerprint density at radius 2 is 2.00 bits per heavy atom. The Bertz CT molecular complexity index is 1270. The molecule has 1 saturated carbocycles. The zero-order valence-electron chi connectivity index (χ0n) is 17.8. The Hall–Kier alpha value is -3.53. The van der Waals surface area contributed by atoms with Crippen molar-refractivity contribution in [3.05, 3.63) is 36.8 Å². The average Bonchev–Trinajstić information content (AvgIpc) is 3.36. The average molecular weight is 419 g/mol. The van der Waals surface area contributed by atoms with Crippen LogP contribution in [-0.2, 0) is 4.79 Å². The lowest BCUT2D eigenvalue weighted by atomic mass is 9.74. The molecule has 10 nitrogen and oxygen atoms in total. The lowest BCUT2D eigenvalue weighted by molar-refractivity contribution is -0.116. The third-order valence-corrected chi connectivity index (χ3v) is 5.77. The van der Waals surface area contributed by atoms with Crippen LogP contribution in [0.3, 0.4) is 0 Å². The van der Waals surface area contributed by atoms with E-state index >= 15 is 0 Å². The molecule has 4 heterocycles. The van der Waals surface area contributed by atoms with Gasteiger partial charge < -0.3 is 16.0 Å². The molecule has 4 aromatic heterocycles. The van der Waals surface area contributed by atoms with Gasteiger partial charge in [-0.05, 0) is 38.8 Å². The first-order chi connectivity index (χ1) is 14.9. The maximum Gasteiger partial charge on any atom is 0.243 e. The first kappa shape index (κ1) is 19.4. The van der Waals surface area contributed by atoms with E-state index in [1.165, 1.54) is 0 Å². The zero-order chi connectivity index (χ0) is 21.6. The Balaban J connectivity index is 1.39. The second-order valence-corrected chi connectivity index (χ2v) is 8.37. The summed E-state index contributed by atoms with van der Waals surface area (Å²) in [5.74, 6) is 1.44. The second-order valence-electron chi connectivity index (χ2n) is 8.37. The highest BCUT2D eigenvalue weighted by molar-refractivity contribution is 5.87. The Morgan fingerprint density at radius 1 is 1.19 bits per heavy atom. The number of aromatic nitrogens is 6. The summed E-state index contributed by atoms with van der Waals surface area (Å²) in [5.41, 5.74) is 3.41. The van der Waals surface area contributed by atoms with Crippen LogP contribution in [0.25, 0.3) is 22.4 Å². The van der Waals surface area contributed by atoms with Gasteiger partial charge in [-0.1, -0.05) is 0 Å². The fourth-order valence-electron chi connectivity index (χ4n) is 4.22. The number of hydrogen-bond donors (Lipinski definition) is 3. The number of nitrogens with zero attached hydrogens (tertiary/aromatic N) is 6. The van der Waals surface area contributed by atoms with E-state index in [0.29, 0.717) is 12.5 Å². The summed E-state index contributed by atoms with van der Waals surface area (Å²) < 4.78 is 3.56. The first-order valence-corrected chi connectivity index (χ1v) is 10.3. The molecule has 0 amide bonds. The molecule has 31 heavy (non-hydrogen) atoms. The minimum Gasteiger partial charge on any atom is -0.371 e. The number of hydrogen-bond acceptors (Lipinski definition) is 8. The van der Waals surface area contributed by atoms with Gasteiger partial charge in [0.25, 0.3) is 0 Å². The van der Waals surface area contributed by atoms with Crippen LogP contribution >= 0.6 is 0 Å². The molecule has 3 N–H and O–H groups in total. The summed E-state index contributed by atoms with van der Waals surface area (Å²) in [6.45, 7) is 4.14. The maximum absolute atomic E-state index is 11.2. The van der Waals surface area contributed by atoms with Gasteiger partial charge in [0.2, 0.25) is 5.95 Å². The molecular formula is C21H25N9O. The van der Waals surface area contributed by atoms with Gasteiger partial charge in [-0.3, -0.25) is 4.79 Å². The summed E-state index contributed by atoms with van der Waals surface area (Å²) in [4.78, 5) is 20.6. The lowest BCUT2D eigenvalue weighted by Gasteiger charge is -2.46. The molecule has 5 rings (SSSR count). The van der Waals surface area contributed by atoms with Gasteiger partial charge in [0.1, 0.15) is 11.3 Å². The van der Waals surface area contributed by atoms with E-state index in [0.717, 1.165) is 41.1 Å². The number of carbonyl (C=O) groups excluding carboxylic acids is 1. The van der Waals surface area contributed by atoms with Gasteiger partial charge in [-0.2, -0.15) is 10.1 Å². The van der Waals surface area contributed by atoms with E-state index in [1.807, 2.05) is 42.2 Å². The first-order valence-electron chi connectivity index (χ1n) is 10.3. The van der Waals surface area contributed by atoms with Crippen LogP contribution < -0.4 is 16.0 Å². The van der Waals surface area contributed by atoms with Crippen LogP contribution in [0, 0.1) is 0 Å². The third-order valence-electron chi connectivity index (χ3n) is 5.77. The highest BCUT2D eigenvalue weighted by atomic mass is 16.1. The minimum absolute atomic E-state index is 0.0299. The van der Waals surface area contributed by atoms with Crippen molar-refractivity contribution in [2.75, 3.05) is 24.2 Å². The highest BCUT2D eigenvalue weighted by Gasteiger charge is 2.40. The number of carbonyl (C=O) groups is 1. The number of fused-ring (bicyclic) bond motifs is 2. The molecule has 10 heteroatoms. The van der Waals surface area contributed by atoms with Crippen molar-refractivity contribution < 1.29 is 4.79 Å². The molecular weight excluding hydrogens is 394 g/mol. The fraction of sp³-hybridized carbons (Fsp3) is 0.381. The third kappa shape index (κ3) is 3.59. The molecule has 0 aliphatic heterocycles. The molecule has 0 unspecified atom stereocenters. The topological polar surface area (TPSA) is 114 Å². The van der Waals surface area contributed by atoms with Gasteiger partial charge in [0.05, 0.1) is 18.4 Å². The highest BCUT2D eigenvalue weighted by Crippen LogP contribution is 2.34. The molecule has 0 radical (unpaired) electrons. The SMILES string of the molecule is CNc1nc(NC2CC(C)(NCC(C)=O)C2)nn2ccc(-c3ccn4nccc4n3)c12. The Kier molecular flexibility index (Phi) is 4.58. The smallest absolute Gasteiger partial charge is 0.243 e. The number of rotatable bonds is 7. The second kappa shape index (κ2) is 7.31. The van der Waals surface area contributed by atoms with Crippen molar-refractivity contribution in [3.63, 3.8) is 0 Å².